The molecule has 5 heteroatoms. The van der Waals surface area contributed by atoms with E-state index >= 15 is 0 Å². The van der Waals surface area contributed by atoms with Crippen molar-refractivity contribution in [2.24, 2.45) is 0 Å². The van der Waals surface area contributed by atoms with Crippen molar-refractivity contribution in [2.75, 3.05) is 26.7 Å². The van der Waals surface area contributed by atoms with Crippen LogP contribution in [0.3, 0.4) is 0 Å². The van der Waals surface area contributed by atoms with Crippen LogP contribution in [0.1, 0.15) is 5.56 Å². The first-order chi connectivity index (χ1) is 8.12. The SMILES string of the molecule is COc1ccc(C=C(SC)S(C)=O)cc1OC. The summed E-state index contributed by atoms with van der Waals surface area (Å²) in [5, 5.41) is 0. The highest BCUT2D eigenvalue weighted by Crippen LogP contribution is 2.29. The normalized spacial score (nSPS) is 13.3. The molecule has 0 aliphatic heterocycles. The molecule has 0 bridgehead atoms. The van der Waals surface area contributed by atoms with E-state index < -0.39 is 10.8 Å². The molecule has 1 rings (SSSR count). The summed E-state index contributed by atoms with van der Waals surface area (Å²) in [7, 11) is 2.23. The summed E-state index contributed by atoms with van der Waals surface area (Å²) in [6.45, 7) is 0. The Labute approximate surface area is 109 Å². The van der Waals surface area contributed by atoms with Crippen LogP contribution in [-0.4, -0.2) is 30.9 Å². The first-order valence-electron chi connectivity index (χ1n) is 4.93. The fourth-order valence-electron chi connectivity index (χ4n) is 1.34. The maximum Gasteiger partial charge on any atom is 0.161 e. The second-order valence-electron chi connectivity index (χ2n) is 3.24. The highest BCUT2D eigenvalue weighted by molar-refractivity contribution is 8.16. The number of benzene rings is 1. The van der Waals surface area contributed by atoms with Crippen molar-refractivity contribution in [2.45, 2.75) is 0 Å². The molecule has 0 saturated carbocycles. The molecule has 1 unspecified atom stereocenters. The summed E-state index contributed by atoms with van der Waals surface area (Å²) >= 11 is 1.49. The van der Waals surface area contributed by atoms with Crippen LogP contribution >= 0.6 is 11.8 Å². The molecule has 0 aliphatic carbocycles. The second kappa shape index (κ2) is 6.71. The van der Waals surface area contributed by atoms with Crippen LogP contribution < -0.4 is 9.47 Å². The highest BCUT2D eigenvalue weighted by Gasteiger charge is 2.05. The number of thioether (sulfide) groups is 1. The van der Waals surface area contributed by atoms with Gasteiger partial charge in [0.1, 0.15) is 0 Å². The molecule has 1 aromatic carbocycles. The Balaban J connectivity index is 3.11. The number of ether oxygens (including phenoxy) is 2. The summed E-state index contributed by atoms with van der Waals surface area (Å²) < 4.78 is 22.6. The van der Waals surface area contributed by atoms with Gasteiger partial charge < -0.3 is 9.47 Å². The number of hydrogen-bond donors (Lipinski definition) is 0. The summed E-state index contributed by atoms with van der Waals surface area (Å²) in [4.78, 5) is 0. The molecule has 0 heterocycles. The molecule has 94 valence electrons. The standard InChI is InChI=1S/C12H16O3S2/c1-14-10-6-5-9(7-11(10)15-2)8-12(16-3)17(4)13/h5-8H,1-4H3. The van der Waals surface area contributed by atoms with Crippen molar-refractivity contribution >= 4 is 28.6 Å². The van der Waals surface area contributed by atoms with Gasteiger partial charge in [-0.05, 0) is 30.0 Å². The smallest absolute Gasteiger partial charge is 0.161 e. The van der Waals surface area contributed by atoms with Gasteiger partial charge in [-0.15, -0.1) is 11.8 Å². The van der Waals surface area contributed by atoms with Crippen molar-refractivity contribution in [3.8, 4) is 11.5 Å². The van der Waals surface area contributed by atoms with Gasteiger partial charge in [0.25, 0.3) is 0 Å². The Morgan fingerprint density at radius 3 is 2.41 bits per heavy atom. The monoisotopic (exact) mass is 272 g/mol. The van der Waals surface area contributed by atoms with Gasteiger partial charge in [0.15, 0.2) is 11.5 Å². The van der Waals surface area contributed by atoms with Gasteiger partial charge in [-0.2, -0.15) is 0 Å². The maximum absolute atomic E-state index is 11.4. The summed E-state index contributed by atoms with van der Waals surface area (Å²) in [5.41, 5.74) is 0.946. The van der Waals surface area contributed by atoms with Gasteiger partial charge in [-0.3, -0.25) is 4.21 Å². The van der Waals surface area contributed by atoms with Crippen LogP contribution in [-0.2, 0) is 10.8 Å². The average Bonchev–Trinajstić information content (AvgIpc) is 2.35. The predicted octanol–water partition coefficient (Wildman–Crippen LogP) is 2.74. The Morgan fingerprint density at radius 2 is 1.94 bits per heavy atom. The molecule has 0 radical (unpaired) electrons. The van der Waals surface area contributed by atoms with E-state index in [9.17, 15) is 4.21 Å². The van der Waals surface area contributed by atoms with Crippen LogP contribution in [0.5, 0.6) is 11.5 Å². The first kappa shape index (κ1) is 14.1. The van der Waals surface area contributed by atoms with Gasteiger partial charge in [0.05, 0.1) is 29.3 Å². The van der Waals surface area contributed by atoms with E-state index in [4.69, 9.17) is 9.47 Å². The van der Waals surface area contributed by atoms with E-state index in [-0.39, 0.29) is 0 Å². The Hall–Kier alpha value is -0.940. The molecule has 0 aromatic heterocycles. The minimum atomic E-state index is -0.968. The molecule has 0 saturated heterocycles. The fraction of sp³-hybridized carbons (Fsp3) is 0.333. The van der Waals surface area contributed by atoms with Crippen molar-refractivity contribution in [1.29, 1.82) is 0 Å². The molecule has 1 atom stereocenters. The third-order valence-electron chi connectivity index (χ3n) is 2.18. The molecule has 0 fully saturated rings. The minimum Gasteiger partial charge on any atom is -0.493 e. The molecule has 17 heavy (non-hydrogen) atoms. The quantitative estimate of drug-likeness (QED) is 0.825. The average molecular weight is 272 g/mol. The number of methoxy groups -OCH3 is 2. The molecular formula is C12H16O3S2. The zero-order valence-corrected chi connectivity index (χ0v) is 12.0. The fourth-order valence-corrected chi connectivity index (χ4v) is 2.83. The summed E-state index contributed by atoms with van der Waals surface area (Å²) in [5.74, 6) is 1.36. The van der Waals surface area contributed by atoms with Gasteiger partial charge in [-0.25, -0.2) is 0 Å². The third-order valence-corrected chi connectivity index (χ3v) is 4.59. The molecule has 0 amide bonds. The molecule has 1 aromatic rings. The first-order valence-corrected chi connectivity index (χ1v) is 7.71. The number of hydrogen-bond acceptors (Lipinski definition) is 4. The topological polar surface area (TPSA) is 35.5 Å². The molecule has 0 N–H and O–H groups in total. The van der Waals surface area contributed by atoms with Crippen molar-refractivity contribution < 1.29 is 13.7 Å². The predicted molar refractivity (Wildman–Crippen MR) is 75.1 cm³/mol. The molecular weight excluding hydrogens is 256 g/mol. The van der Waals surface area contributed by atoms with Crippen LogP contribution in [0, 0.1) is 0 Å². The van der Waals surface area contributed by atoms with Crippen LogP contribution in [0.25, 0.3) is 6.08 Å². The van der Waals surface area contributed by atoms with Gasteiger partial charge in [0, 0.05) is 6.26 Å². The summed E-state index contributed by atoms with van der Waals surface area (Å²) in [6, 6.07) is 5.60. The number of rotatable bonds is 5. The van der Waals surface area contributed by atoms with Crippen molar-refractivity contribution in [3.63, 3.8) is 0 Å². The second-order valence-corrected chi connectivity index (χ2v) is 5.69. The molecule has 0 aliphatic rings. The molecule has 3 nitrogen and oxygen atoms in total. The van der Waals surface area contributed by atoms with Gasteiger partial charge in [0.2, 0.25) is 0 Å². The van der Waals surface area contributed by atoms with E-state index in [1.54, 1.807) is 20.5 Å². The van der Waals surface area contributed by atoms with Crippen molar-refractivity contribution in [1.82, 2.24) is 0 Å². The minimum absolute atomic E-state index is 0.670. The lowest BCUT2D eigenvalue weighted by Gasteiger charge is -2.08. The van der Waals surface area contributed by atoms with E-state index in [1.807, 2.05) is 30.5 Å². The van der Waals surface area contributed by atoms with E-state index in [2.05, 4.69) is 0 Å². The molecule has 0 spiro atoms. The maximum atomic E-state index is 11.4. The Bertz CT molecular complexity index is 441. The Morgan fingerprint density at radius 1 is 1.29 bits per heavy atom. The zero-order valence-electron chi connectivity index (χ0n) is 10.4. The van der Waals surface area contributed by atoms with Crippen LogP contribution in [0.4, 0.5) is 0 Å². The zero-order chi connectivity index (χ0) is 12.8. The largest absolute Gasteiger partial charge is 0.493 e. The summed E-state index contributed by atoms with van der Waals surface area (Å²) in [6.07, 6.45) is 5.47. The van der Waals surface area contributed by atoms with Crippen LogP contribution in [0.15, 0.2) is 22.4 Å². The van der Waals surface area contributed by atoms with Crippen molar-refractivity contribution in [3.05, 3.63) is 28.0 Å². The lowest BCUT2D eigenvalue weighted by molar-refractivity contribution is 0.355. The van der Waals surface area contributed by atoms with Crippen LogP contribution in [0.2, 0.25) is 0 Å². The van der Waals surface area contributed by atoms with E-state index in [0.717, 1.165) is 9.80 Å². The van der Waals surface area contributed by atoms with Gasteiger partial charge >= 0.3 is 0 Å². The lowest BCUT2D eigenvalue weighted by Crippen LogP contribution is -1.91. The lowest BCUT2D eigenvalue weighted by atomic mass is 10.2. The van der Waals surface area contributed by atoms with E-state index in [1.165, 1.54) is 11.8 Å². The highest BCUT2D eigenvalue weighted by atomic mass is 32.2. The van der Waals surface area contributed by atoms with Gasteiger partial charge in [-0.1, -0.05) is 6.07 Å². The Kier molecular flexibility index (Phi) is 5.58. The third kappa shape index (κ3) is 3.78. The van der Waals surface area contributed by atoms with E-state index in [0.29, 0.717) is 11.5 Å².